The molecule has 4 aromatic rings. The number of ether oxygens (including phenoxy) is 4. The molecule has 2 bridgehead atoms. The van der Waals surface area contributed by atoms with Crippen LogP contribution in [0.1, 0.15) is 41.3 Å². The molecule has 2 aliphatic rings. The van der Waals surface area contributed by atoms with E-state index in [0.29, 0.717) is 29.9 Å². The summed E-state index contributed by atoms with van der Waals surface area (Å²) >= 11 is 0. The molecule has 218 valence electrons. The Hall–Kier alpha value is -4.18. The number of aromatic nitrogens is 2. The quantitative estimate of drug-likeness (QED) is 0.294. The molecule has 2 N–H and O–H groups in total. The summed E-state index contributed by atoms with van der Waals surface area (Å²) in [4.78, 5) is 27.1. The largest absolute Gasteiger partial charge is 0.497 e. The van der Waals surface area contributed by atoms with Crippen LogP contribution in [0.25, 0.3) is 0 Å². The van der Waals surface area contributed by atoms with Gasteiger partial charge in [0, 0.05) is 17.7 Å². The van der Waals surface area contributed by atoms with Gasteiger partial charge < -0.3 is 24.1 Å². The first-order valence-electron chi connectivity index (χ1n) is 14.0. The number of aryl methyl sites for hydroxylation is 1. The monoisotopic (exact) mass is 570 g/mol. The molecule has 0 radical (unpaired) electrons. The van der Waals surface area contributed by atoms with Gasteiger partial charge >= 0.3 is 5.69 Å². The molecular formula is C33H34N2O7. The number of aromatic amines is 1. The van der Waals surface area contributed by atoms with Crippen molar-refractivity contribution in [3.05, 3.63) is 128 Å². The Morgan fingerprint density at radius 3 is 2.07 bits per heavy atom. The Labute approximate surface area is 243 Å². The number of methoxy groups -OCH3 is 2. The number of aliphatic hydroxyl groups excluding tert-OH is 1. The maximum atomic E-state index is 12.7. The van der Waals surface area contributed by atoms with Crippen LogP contribution in [0.5, 0.6) is 11.5 Å². The van der Waals surface area contributed by atoms with Crippen LogP contribution in [0.4, 0.5) is 0 Å². The first kappa shape index (κ1) is 28.0. The molecule has 4 atom stereocenters. The third-order valence-corrected chi connectivity index (χ3v) is 8.69. The van der Waals surface area contributed by atoms with Gasteiger partial charge in [0.2, 0.25) is 0 Å². The number of hydrogen-bond donors (Lipinski definition) is 2. The second kappa shape index (κ2) is 10.9. The van der Waals surface area contributed by atoms with Crippen molar-refractivity contribution < 1.29 is 24.1 Å². The minimum atomic E-state index is -1.08. The van der Waals surface area contributed by atoms with Crippen molar-refractivity contribution in [2.24, 2.45) is 5.92 Å². The molecule has 1 aromatic heterocycles. The van der Waals surface area contributed by atoms with Crippen LogP contribution in [0.2, 0.25) is 0 Å². The molecule has 0 amide bonds. The second-order valence-electron chi connectivity index (χ2n) is 11.0. The molecule has 0 spiro atoms. The Kier molecular flexibility index (Phi) is 7.26. The molecule has 1 aliphatic carbocycles. The van der Waals surface area contributed by atoms with Crippen LogP contribution in [0, 0.1) is 12.8 Å². The van der Waals surface area contributed by atoms with E-state index in [2.05, 4.69) is 4.98 Å². The number of rotatable bonds is 9. The van der Waals surface area contributed by atoms with Crippen molar-refractivity contribution in [2.45, 2.75) is 43.3 Å². The van der Waals surface area contributed by atoms with Crippen LogP contribution >= 0.6 is 0 Å². The smallest absolute Gasteiger partial charge is 0.330 e. The molecule has 42 heavy (non-hydrogen) atoms. The lowest BCUT2D eigenvalue weighted by molar-refractivity contribution is -0.169. The van der Waals surface area contributed by atoms with Crippen LogP contribution in [-0.2, 0) is 15.1 Å². The summed E-state index contributed by atoms with van der Waals surface area (Å²) in [7, 11) is 3.25. The van der Waals surface area contributed by atoms with Crippen molar-refractivity contribution in [1.82, 2.24) is 9.55 Å². The predicted molar refractivity (Wildman–Crippen MR) is 156 cm³/mol. The number of benzene rings is 3. The van der Waals surface area contributed by atoms with Gasteiger partial charge in [-0.05, 0) is 60.7 Å². The van der Waals surface area contributed by atoms with Crippen LogP contribution < -0.4 is 20.7 Å². The first-order valence-corrected chi connectivity index (χ1v) is 14.0. The van der Waals surface area contributed by atoms with E-state index >= 15 is 0 Å². The van der Waals surface area contributed by atoms with Crippen LogP contribution in [-0.4, -0.2) is 47.2 Å². The van der Waals surface area contributed by atoms with Crippen LogP contribution in [0.3, 0.4) is 0 Å². The van der Waals surface area contributed by atoms with Crippen molar-refractivity contribution in [3.63, 3.8) is 0 Å². The Balaban J connectivity index is 1.44. The fraction of sp³-hybridized carbons (Fsp3) is 0.333. The first-order chi connectivity index (χ1) is 20.3. The minimum Gasteiger partial charge on any atom is -0.497 e. The van der Waals surface area contributed by atoms with E-state index in [1.165, 1.54) is 10.8 Å². The molecule has 6 rings (SSSR count). The maximum Gasteiger partial charge on any atom is 0.330 e. The lowest BCUT2D eigenvalue weighted by Crippen LogP contribution is -2.46. The van der Waals surface area contributed by atoms with E-state index in [0.717, 1.165) is 16.7 Å². The number of nitrogens with one attached hydrogen (secondary N) is 1. The van der Waals surface area contributed by atoms with Crippen molar-refractivity contribution in [2.75, 3.05) is 20.8 Å². The number of hydrogen-bond acceptors (Lipinski definition) is 7. The highest BCUT2D eigenvalue weighted by Gasteiger charge is 2.61. The van der Waals surface area contributed by atoms with E-state index < -0.39 is 34.8 Å². The molecular weight excluding hydrogens is 536 g/mol. The molecule has 2 fully saturated rings. The summed E-state index contributed by atoms with van der Waals surface area (Å²) in [5.41, 5.74) is -0.141. The number of nitrogens with zero attached hydrogens (tertiary/aromatic N) is 1. The Bertz CT molecular complexity index is 1620. The second-order valence-corrected chi connectivity index (χ2v) is 11.0. The highest BCUT2D eigenvalue weighted by atomic mass is 16.6. The van der Waals surface area contributed by atoms with Crippen LogP contribution in [0.15, 0.2) is 94.6 Å². The Morgan fingerprint density at radius 1 is 0.929 bits per heavy atom. The maximum absolute atomic E-state index is 12.7. The van der Waals surface area contributed by atoms with E-state index in [1.807, 2.05) is 78.9 Å². The third kappa shape index (κ3) is 4.54. The molecule has 9 nitrogen and oxygen atoms in total. The highest BCUT2D eigenvalue weighted by molar-refractivity contribution is 5.49. The molecule has 0 unspecified atom stereocenters. The predicted octanol–water partition coefficient (Wildman–Crippen LogP) is 3.91. The lowest BCUT2D eigenvalue weighted by Gasteiger charge is -2.40. The molecule has 1 saturated carbocycles. The van der Waals surface area contributed by atoms with E-state index in [4.69, 9.17) is 18.9 Å². The summed E-state index contributed by atoms with van der Waals surface area (Å²) < 4.78 is 25.8. The summed E-state index contributed by atoms with van der Waals surface area (Å²) in [6.45, 7) is 1.68. The number of H-pyrrole nitrogens is 1. The average Bonchev–Trinajstić information content (AvgIpc) is 3.49. The van der Waals surface area contributed by atoms with Gasteiger partial charge in [0.25, 0.3) is 5.56 Å². The van der Waals surface area contributed by atoms with E-state index in [9.17, 15) is 14.7 Å². The van der Waals surface area contributed by atoms with E-state index in [-0.39, 0.29) is 12.5 Å². The molecule has 1 aliphatic heterocycles. The topological polar surface area (TPSA) is 112 Å². The summed E-state index contributed by atoms with van der Waals surface area (Å²) in [6.07, 6.45) is 1.10. The molecule has 1 saturated heterocycles. The van der Waals surface area contributed by atoms with Crippen molar-refractivity contribution in [3.8, 4) is 11.5 Å². The fourth-order valence-corrected chi connectivity index (χ4v) is 6.40. The van der Waals surface area contributed by atoms with Crippen molar-refractivity contribution >= 4 is 0 Å². The van der Waals surface area contributed by atoms with Gasteiger partial charge in [0.05, 0.1) is 26.9 Å². The normalized spacial score (nSPS) is 23.2. The SMILES string of the molecule is COc1ccc(C(OC[C@@]23CC[C@@H]([C@H](n4cc(C)c(=O)[nH]c4=O)O2)[C@@H]3O)(c2ccccc2)c2ccc(OC)cc2)cc1. The Morgan fingerprint density at radius 2 is 1.50 bits per heavy atom. The van der Waals surface area contributed by atoms with Gasteiger partial charge in [-0.3, -0.25) is 14.3 Å². The van der Waals surface area contributed by atoms with Gasteiger partial charge in [-0.2, -0.15) is 0 Å². The zero-order valence-electron chi connectivity index (χ0n) is 23.8. The average molecular weight is 571 g/mol. The summed E-state index contributed by atoms with van der Waals surface area (Å²) in [6, 6.07) is 25.4. The zero-order chi connectivity index (χ0) is 29.5. The fourth-order valence-electron chi connectivity index (χ4n) is 6.40. The van der Waals surface area contributed by atoms with Gasteiger partial charge in [0.1, 0.15) is 28.9 Å². The third-order valence-electron chi connectivity index (χ3n) is 8.69. The van der Waals surface area contributed by atoms with Gasteiger partial charge in [-0.15, -0.1) is 0 Å². The molecule has 9 heteroatoms. The van der Waals surface area contributed by atoms with E-state index in [1.54, 1.807) is 21.1 Å². The molecule has 2 heterocycles. The minimum absolute atomic E-state index is 0.0468. The zero-order valence-corrected chi connectivity index (χ0v) is 23.8. The summed E-state index contributed by atoms with van der Waals surface area (Å²) in [5, 5.41) is 11.5. The number of aliphatic hydroxyl groups is 1. The lowest BCUT2D eigenvalue weighted by atomic mass is 9.79. The van der Waals surface area contributed by atoms with Gasteiger partial charge in [0.15, 0.2) is 0 Å². The van der Waals surface area contributed by atoms with Gasteiger partial charge in [-0.25, -0.2) is 4.79 Å². The highest BCUT2D eigenvalue weighted by Crippen LogP contribution is 2.54. The standard InChI is InChI=1S/C33H34N2O7/c1-21-19-35(31(38)34-29(21)37)30-27-17-18-32(42-30,28(27)36)20-41-33(22-7-5-4-6-8-22,23-9-13-25(39-2)14-10-23)24-11-15-26(40-3)16-12-24/h4-16,19,27-28,30,36H,17-18,20H2,1-3H3,(H,34,37,38)/t27-,28+,30-,32-/m1/s1. The summed E-state index contributed by atoms with van der Waals surface area (Å²) in [5.74, 6) is 1.10. The van der Waals surface area contributed by atoms with Gasteiger partial charge in [-0.1, -0.05) is 54.6 Å². The molecule has 3 aromatic carbocycles. The number of fused-ring (bicyclic) bond motifs is 2. The van der Waals surface area contributed by atoms with Crippen molar-refractivity contribution in [1.29, 1.82) is 0 Å².